The molecule has 0 radical (unpaired) electrons. The molecule has 0 bridgehead atoms. The lowest BCUT2D eigenvalue weighted by Gasteiger charge is -2.38. The van der Waals surface area contributed by atoms with Crippen molar-refractivity contribution in [1.82, 2.24) is 5.32 Å². The standard InChI is InChI=1S/C16H25BrN2O/c1-11(2)18-8-14-7-15(17)5-6-16(14)19-9-12(3)20-13(4)10-19/h5-7,11-13,18H,8-10H2,1-4H3/t12-,13+. The fraction of sp³-hybridized carbons (Fsp3) is 0.625. The van der Waals surface area contributed by atoms with E-state index in [4.69, 9.17) is 4.74 Å². The molecule has 1 aliphatic rings. The van der Waals surface area contributed by atoms with Gasteiger partial charge in [0, 0.05) is 35.8 Å². The summed E-state index contributed by atoms with van der Waals surface area (Å²) in [7, 11) is 0. The lowest BCUT2D eigenvalue weighted by molar-refractivity contribution is -0.00526. The Morgan fingerprint density at radius 1 is 1.30 bits per heavy atom. The molecule has 2 rings (SSSR count). The Morgan fingerprint density at radius 2 is 1.95 bits per heavy atom. The van der Waals surface area contributed by atoms with Gasteiger partial charge in [-0.3, -0.25) is 0 Å². The highest BCUT2D eigenvalue weighted by Gasteiger charge is 2.23. The molecule has 1 saturated heterocycles. The van der Waals surface area contributed by atoms with Crippen LogP contribution in [0.15, 0.2) is 22.7 Å². The van der Waals surface area contributed by atoms with Gasteiger partial charge in [0.05, 0.1) is 12.2 Å². The van der Waals surface area contributed by atoms with Gasteiger partial charge < -0.3 is 15.0 Å². The lowest BCUT2D eigenvalue weighted by Crippen LogP contribution is -2.46. The quantitative estimate of drug-likeness (QED) is 0.906. The highest BCUT2D eigenvalue weighted by molar-refractivity contribution is 9.10. The van der Waals surface area contributed by atoms with E-state index < -0.39 is 0 Å². The van der Waals surface area contributed by atoms with Crippen LogP contribution in [0.5, 0.6) is 0 Å². The van der Waals surface area contributed by atoms with E-state index in [0.29, 0.717) is 6.04 Å². The number of ether oxygens (including phenoxy) is 1. The third-order valence-corrected chi connectivity index (χ3v) is 4.00. The maximum absolute atomic E-state index is 5.83. The SMILES string of the molecule is CC(C)NCc1cc(Br)ccc1N1C[C@@H](C)O[C@@H](C)C1. The molecule has 0 saturated carbocycles. The molecule has 0 spiro atoms. The molecule has 1 heterocycles. The van der Waals surface area contributed by atoms with Crippen LogP contribution in [-0.2, 0) is 11.3 Å². The minimum atomic E-state index is 0.285. The maximum Gasteiger partial charge on any atom is 0.0726 e. The first-order valence-corrected chi connectivity index (χ1v) is 8.17. The molecule has 1 fully saturated rings. The zero-order chi connectivity index (χ0) is 14.7. The number of hydrogen-bond acceptors (Lipinski definition) is 3. The summed E-state index contributed by atoms with van der Waals surface area (Å²) in [5.41, 5.74) is 2.66. The summed E-state index contributed by atoms with van der Waals surface area (Å²) in [5.74, 6) is 0. The number of halogens is 1. The second kappa shape index (κ2) is 6.92. The van der Waals surface area contributed by atoms with Crippen molar-refractivity contribution in [2.45, 2.75) is 52.5 Å². The van der Waals surface area contributed by atoms with Crippen LogP contribution >= 0.6 is 15.9 Å². The molecule has 2 atom stereocenters. The van der Waals surface area contributed by atoms with Gasteiger partial charge in [-0.05, 0) is 37.6 Å². The summed E-state index contributed by atoms with van der Waals surface area (Å²) >= 11 is 3.58. The molecular formula is C16H25BrN2O. The normalized spacial score (nSPS) is 23.4. The van der Waals surface area contributed by atoms with Gasteiger partial charge in [-0.2, -0.15) is 0 Å². The third-order valence-electron chi connectivity index (χ3n) is 3.50. The van der Waals surface area contributed by atoms with Crippen molar-refractivity contribution in [2.24, 2.45) is 0 Å². The number of nitrogens with one attached hydrogen (secondary N) is 1. The van der Waals surface area contributed by atoms with Crippen LogP contribution in [-0.4, -0.2) is 31.3 Å². The van der Waals surface area contributed by atoms with E-state index in [0.717, 1.165) is 24.1 Å². The molecule has 0 amide bonds. The average molecular weight is 341 g/mol. The van der Waals surface area contributed by atoms with Crippen molar-refractivity contribution in [3.05, 3.63) is 28.2 Å². The van der Waals surface area contributed by atoms with Crippen LogP contribution in [0.25, 0.3) is 0 Å². The number of anilines is 1. The number of nitrogens with zero attached hydrogens (tertiary/aromatic N) is 1. The first-order chi connectivity index (χ1) is 9.45. The molecule has 0 aliphatic carbocycles. The van der Waals surface area contributed by atoms with E-state index in [1.807, 2.05) is 0 Å². The summed E-state index contributed by atoms with van der Waals surface area (Å²) < 4.78 is 6.97. The van der Waals surface area contributed by atoms with E-state index >= 15 is 0 Å². The van der Waals surface area contributed by atoms with E-state index in [-0.39, 0.29) is 12.2 Å². The highest BCUT2D eigenvalue weighted by atomic mass is 79.9. The highest BCUT2D eigenvalue weighted by Crippen LogP contribution is 2.27. The first-order valence-electron chi connectivity index (χ1n) is 7.38. The Hall–Kier alpha value is -0.580. The van der Waals surface area contributed by atoms with Gasteiger partial charge >= 0.3 is 0 Å². The van der Waals surface area contributed by atoms with Crippen molar-refractivity contribution < 1.29 is 4.74 Å². The molecule has 3 nitrogen and oxygen atoms in total. The summed E-state index contributed by atoms with van der Waals surface area (Å²) in [6, 6.07) is 7.05. The predicted molar refractivity (Wildman–Crippen MR) is 88.3 cm³/mol. The van der Waals surface area contributed by atoms with Gasteiger partial charge in [0.15, 0.2) is 0 Å². The summed E-state index contributed by atoms with van der Waals surface area (Å²) in [6.45, 7) is 11.5. The van der Waals surface area contributed by atoms with E-state index in [1.165, 1.54) is 11.3 Å². The molecule has 1 aromatic carbocycles. The molecule has 1 aromatic rings. The molecule has 20 heavy (non-hydrogen) atoms. The van der Waals surface area contributed by atoms with Crippen molar-refractivity contribution in [2.75, 3.05) is 18.0 Å². The minimum absolute atomic E-state index is 0.285. The second-order valence-corrected chi connectivity index (χ2v) is 6.89. The Balaban J connectivity index is 2.21. The van der Waals surface area contributed by atoms with Gasteiger partial charge in [-0.25, -0.2) is 0 Å². The summed E-state index contributed by atoms with van der Waals surface area (Å²) in [4.78, 5) is 2.45. The van der Waals surface area contributed by atoms with Gasteiger partial charge in [0.1, 0.15) is 0 Å². The second-order valence-electron chi connectivity index (χ2n) is 5.97. The predicted octanol–water partition coefficient (Wildman–Crippen LogP) is 3.56. The topological polar surface area (TPSA) is 24.5 Å². The zero-order valence-corrected chi connectivity index (χ0v) is 14.4. The Kier molecular flexibility index (Phi) is 5.47. The van der Waals surface area contributed by atoms with E-state index in [9.17, 15) is 0 Å². The Morgan fingerprint density at radius 3 is 2.55 bits per heavy atom. The Bertz CT molecular complexity index is 440. The number of benzene rings is 1. The van der Waals surface area contributed by atoms with E-state index in [1.54, 1.807) is 0 Å². The van der Waals surface area contributed by atoms with Crippen LogP contribution in [0.1, 0.15) is 33.3 Å². The first kappa shape index (κ1) is 15.8. The molecule has 1 N–H and O–H groups in total. The third kappa shape index (κ3) is 4.21. The summed E-state index contributed by atoms with van der Waals surface area (Å²) in [5, 5.41) is 3.51. The largest absolute Gasteiger partial charge is 0.372 e. The maximum atomic E-state index is 5.83. The monoisotopic (exact) mass is 340 g/mol. The lowest BCUT2D eigenvalue weighted by atomic mass is 10.1. The van der Waals surface area contributed by atoms with Gasteiger partial charge in [-0.1, -0.05) is 29.8 Å². The minimum Gasteiger partial charge on any atom is -0.372 e. The number of rotatable bonds is 4. The summed E-state index contributed by atoms with van der Waals surface area (Å²) in [6.07, 6.45) is 0.571. The smallest absolute Gasteiger partial charge is 0.0726 e. The fourth-order valence-electron chi connectivity index (χ4n) is 2.69. The molecule has 1 aliphatic heterocycles. The van der Waals surface area contributed by atoms with Gasteiger partial charge in [0.2, 0.25) is 0 Å². The molecule has 0 aromatic heterocycles. The molecule has 0 unspecified atom stereocenters. The Labute approximate surface area is 130 Å². The van der Waals surface area contributed by atoms with Crippen LogP contribution in [0, 0.1) is 0 Å². The van der Waals surface area contributed by atoms with Crippen LogP contribution in [0.2, 0.25) is 0 Å². The molecule has 112 valence electrons. The van der Waals surface area contributed by atoms with Crippen LogP contribution in [0.4, 0.5) is 5.69 Å². The van der Waals surface area contributed by atoms with Crippen molar-refractivity contribution in [3.8, 4) is 0 Å². The average Bonchev–Trinajstić information content (AvgIpc) is 2.35. The van der Waals surface area contributed by atoms with Gasteiger partial charge in [0.25, 0.3) is 0 Å². The number of morpholine rings is 1. The molecule has 4 heteroatoms. The van der Waals surface area contributed by atoms with Crippen molar-refractivity contribution >= 4 is 21.6 Å². The zero-order valence-electron chi connectivity index (χ0n) is 12.8. The fourth-order valence-corrected chi connectivity index (χ4v) is 3.10. The number of hydrogen-bond donors (Lipinski definition) is 1. The van der Waals surface area contributed by atoms with Gasteiger partial charge in [-0.15, -0.1) is 0 Å². The van der Waals surface area contributed by atoms with Crippen molar-refractivity contribution in [1.29, 1.82) is 0 Å². The van der Waals surface area contributed by atoms with Crippen molar-refractivity contribution in [3.63, 3.8) is 0 Å². The van der Waals surface area contributed by atoms with Crippen LogP contribution < -0.4 is 10.2 Å². The van der Waals surface area contributed by atoms with Crippen LogP contribution in [0.3, 0.4) is 0 Å². The van der Waals surface area contributed by atoms with E-state index in [2.05, 4.69) is 72.0 Å². The molecular weight excluding hydrogens is 316 g/mol.